The molecule has 0 saturated heterocycles. The molecule has 4 nitrogen and oxygen atoms in total. The molecule has 2 atom stereocenters. The number of para-hydroxylation sites is 2. The van der Waals surface area contributed by atoms with Crippen molar-refractivity contribution in [1.82, 2.24) is 4.98 Å². The highest BCUT2D eigenvalue weighted by atomic mass is 15.2. The van der Waals surface area contributed by atoms with Gasteiger partial charge in [-0.3, -0.25) is 9.98 Å². The van der Waals surface area contributed by atoms with E-state index in [1.165, 1.54) is 38.0 Å². The Bertz CT molecular complexity index is 2060. The fourth-order valence-corrected chi connectivity index (χ4v) is 6.63. The van der Waals surface area contributed by atoms with E-state index in [2.05, 4.69) is 149 Å². The number of allylic oxidation sites excluding steroid dienone is 1. The second-order valence-corrected chi connectivity index (χ2v) is 11.1. The lowest BCUT2D eigenvalue weighted by Gasteiger charge is -2.36. The van der Waals surface area contributed by atoms with Crippen LogP contribution in [0.1, 0.15) is 6.92 Å². The van der Waals surface area contributed by atoms with Crippen LogP contribution in [-0.4, -0.2) is 23.3 Å². The number of aromatic nitrogens is 1. The van der Waals surface area contributed by atoms with E-state index in [4.69, 9.17) is 4.99 Å². The number of pyridine rings is 1. The Morgan fingerprint density at radius 3 is 1.84 bits per heavy atom. The number of hydrogen-bond donors (Lipinski definition) is 0. The first-order valence-electron chi connectivity index (χ1n) is 14.8. The lowest BCUT2D eigenvalue weighted by molar-refractivity contribution is 0.635. The lowest BCUT2D eigenvalue weighted by Crippen LogP contribution is -2.38. The standard InChI is InChI=1S/C39H30N4/c1-27-35(15-9-25-41-27)43(31-12-6-3-7-13-31)37-23-19-29-16-20-33-36(22-18-28-17-21-34(37)39(29)38(28)33)42(30-10-4-2-5-11-30)32-14-8-24-40-26-32/h2-27,35H,1H3. The van der Waals surface area contributed by atoms with Gasteiger partial charge >= 0.3 is 0 Å². The molecule has 2 heterocycles. The van der Waals surface area contributed by atoms with E-state index in [0.29, 0.717) is 0 Å². The number of benzene rings is 6. The third kappa shape index (κ3) is 4.22. The maximum atomic E-state index is 4.77. The van der Waals surface area contributed by atoms with Crippen LogP contribution in [0.15, 0.2) is 151 Å². The molecule has 1 aliphatic heterocycles. The van der Waals surface area contributed by atoms with Crippen molar-refractivity contribution in [2.24, 2.45) is 4.99 Å². The Kier molecular flexibility index (Phi) is 6.11. The van der Waals surface area contributed by atoms with Crippen LogP contribution >= 0.6 is 0 Å². The fourth-order valence-electron chi connectivity index (χ4n) is 6.63. The van der Waals surface area contributed by atoms with Crippen LogP contribution in [0.5, 0.6) is 0 Å². The number of hydrogen-bond acceptors (Lipinski definition) is 4. The Morgan fingerprint density at radius 1 is 0.581 bits per heavy atom. The van der Waals surface area contributed by atoms with Crippen molar-refractivity contribution in [2.75, 3.05) is 9.80 Å². The van der Waals surface area contributed by atoms with Crippen molar-refractivity contribution < 1.29 is 0 Å². The molecule has 8 rings (SSSR count). The molecular formula is C39H30N4. The van der Waals surface area contributed by atoms with Gasteiger partial charge < -0.3 is 9.80 Å². The highest BCUT2D eigenvalue weighted by Crippen LogP contribution is 2.46. The molecule has 0 fully saturated rings. The number of anilines is 5. The summed E-state index contributed by atoms with van der Waals surface area (Å²) in [5.74, 6) is 0. The van der Waals surface area contributed by atoms with Crippen LogP contribution in [0.4, 0.5) is 28.4 Å². The predicted molar refractivity (Wildman–Crippen MR) is 182 cm³/mol. The van der Waals surface area contributed by atoms with Crippen LogP contribution in [0.25, 0.3) is 32.3 Å². The number of dihydropyridines is 1. The third-order valence-electron chi connectivity index (χ3n) is 8.58. The Balaban J connectivity index is 1.40. The maximum Gasteiger partial charge on any atom is 0.0747 e. The van der Waals surface area contributed by atoms with Gasteiger partial charge in [0, 0.05) is 40.2 Å². The average Bonchev–Trinajstić information content (AvgIpc) is 3.07. The summed E-state index contributed by atoms with van der Waals surface area (Å²) in [7, 11) is 0. The zero-order valence-corrected chi connectivity index (χ0v) is 23.9. The van der Waals surface area contributed by atoms with Crippen molar-refractivity contribution in [3.63, 3.8) is 0 Å². The zero-order valence-electron chi connectivity index (χ0n) is 23.9. The van der Waals surface area contributed by atoms with Gasteiger partial charge in [-0.15, -0.1) is 0 Å². The monoisotopic (exact) mass is 554 g/mol. The zero-order chi connectivity index (χ0) is 28.8. The molecule has 0 saturated carbocycles. The first-order chi connectivity index (χ1) is 21.3. The molecule has 0 N–H and O–H groups in total. The SMILES string of the molecule is CC1N=CC=CC1N(c1ccccc1)c1ccc2ccc3c(N(c4ccccc4)c4cccnc4)ccc4ccc1c2c43. The van der Waals surface area contributed by atoms with Crippen molar-refractivity contribution in [2.45, 2.75) is 19.0 Å². The molecular weight excluding hydrogens is 524 g/mol. The topological polar surface area (TPSA) is 31.7 Å². The van der Waals surface area contributed by atoms with Gasteiger partial charge in [-0.2, -0.15) is 0 Å². The van der Waals surface area contributed by atoms with E-state index in [0.717, 1.165) is 22.7 Å². The second kappa shape index (κ2) is 10.4. The van der Waals surface area contributed by atoms with Crippen LogP contribution in [0.3, 0.4) is 0 Å². The van der Waals surface area contributed by atoms with E-state index in [1.807, 2.05) is 24.7 Å². The summed E-state index contributed by atoms with van der Waals surface area (Å²) >= 11 is 0. The summed E-state index contributed by atoms with van der Waals surface area (Å²) in [6, 6.07) is 43.7. The molecule has 7 aromatic rings. The van der Waals surface area contributed by atoms with Crippen LogP contribution in [-0.2, 0) is 0 Å². The van der Waals surface area contributed by atoms with E-state index in [-0.39, 0.29) is 12.1 Å². The molecule has 1 aromatic heterocycles. The normalized spacial score (nSPS) is 16.3. The molecule has 43 heavy (non-hydrogen) atoms. The number of nitrogens with zero attached hydrogens (tertiary/aromatic N) is 4. The summed E-state index contributed by atoms with van der Waals surface area (Å²) in [4.78, 5) is 14.0. The summed E-state index contributed by atoms with van der Waals surface area (Å²) in [5.41, 5.74) is 5.59. The van der Waals surface area contributed by atoms with Gasteiger partial charge in [-0.1, -0.05) is 78.9 Å². The average molecular weight is 555 g/mol. The fraction of sp³-hybridized carbons (Fsp3) is 0.0769. The quantitative estimate of drug-likeness (QED) is 0.192. The largest absolute Gasteiger partial charge is 0.332 e. The number of rotatable bonds is 6. The van der Waals surface area contributed by atoms with Gasteiger partial charge in [-0.05, 0) is 83.1 Å². The van der Waals surface area contributed by atoms with E-state index < -0.39 is 0 Å². The van der Waals surface area contributed by atoms with Crippen LogP contribution in [0.2, 0.25) is 0 Å². The highest BCUT2D eigenvalue weighted by Gasteiger charge is 2.27. The van der Waals surface area contributed by atoms with Gasteiger partial charge in [-0.25, -0.2) is 0 Å². The minimum absolute atomic E-state index is 0.0978. The van der Waals surface area contributed by atoms with Gasteiger partial charge in [0.1, 0.15) is 0 Å². The van der Waals surface area contributed by atoms with Crippen molar-refractivity contribution in [3.8, 4) is 0 Å². The molecule has 4 heteroatoms. The Hall–Kier alpha value is -5.48. The van der Waals surface area contributed by atoms with Crippen molar-refractivity contribution >= 4 is 67.0 Å². The highest BCUT2D eigenvalue weighted by molar-refractivity contribution is 6.28. The molecule has 0 radical (unpaired) electrons. The molecule has 2 unspecified atom stereocenters. The Labute approximate surface area is 251 Å². The molecule has 0 aliphatic carbocycles. The van der Waals surface area contributed by atoms with Gasteiger partial charge in [0.15, 0.2) is 0 Å². The first kappa shape index (κ1) is 25.2. The smallest absolute Gasteiger partial charge is 0.0747 e. The van der Waals surface area contributed by atoms with Gasteiger partial charge in [0.2, 0.25) is 0 Å². The summed E-state index contributed by atoms with van der Waals surface area (Å²) in [6.45, 7) is 2.19. The minimum Gasteiger partial charge on any atom is -0.332 e. The predicted octanol–water partition coefficient (Wildman–Crippen LogP) is 9.98. The van der Waals surface area contributed by atoms with Crippen LogP contribution in [0, 0.1) is 0 Å². The van der Waals surface area contributed by atoms with Gasteiger partial charge in [0.25, 0.3) is 0 Å². The van der Waals surface area contributed by atoms with Gasteiger partial charge in [0.05, 0.1) is 29.7 Å². The third-order valence-corrected chi connectivity index (χ3v) is 8.58. The maximum absolute atomic E-state index is 4.77. The molecule has 0 spiro atoms. The molecule has 0 bridgehead atoms. The van der Waals surface area contributed by atoms with Crippen molar-refractivity contribution in [3.05, 3.63) is 146 Å². The molecule has 206 valence electrons. The van der Waals surface area contributed by atoms with E-state index in [9.17, 15) is 0 Å². The van der Waals surface area contributed by atoms with E-state index in [1.54, 1.807) is 0 Å². The first-order valence-corrected chi connectivity index (χ1v) is 14.8. The summed E-state index contributed by atoms with van der Waals surface area (Å²) in [6.07, 6.45) is 10.0. The molecule has 1 aliphatic rings. The lowest BCUT2D eigenvalue weighted by atomic mass is 9.91. The number of aliphatic imine (C=N–C) groups is 1. The minimum atomic E-state index is 0.0978. The summed E-state index contributed by atoms with van der Waals surface area (Å²) < 4.78 is 0. The van der Waals surface area contributed by atoms with Crippen LogP contribution < -0.4 is 9.80 Å². The summed E-state index contributed by atoms with van der Waals surface area (Å²) in [5, 5.41) is 7.47. The molecule has 6 aromatic carbocycles. The second-order valence-electron chi connectivity index (χ2n) is 11.1. The molecule has 0 amide bonds. The Morgan fingerprint density at radius 2 is 1.19 bits per heavy atom. The van der Waals surface area contributed by atoms with E-state index >= 15 is 0 Å². The van der Waals surface area contributed by atoms with Crippen molar-refractivity contribution in [1.29, 1.82) is 0 Å².